The number of fused-ring (bicyclic) bond motifs is 3. The standard InChI is InChI=1S/C46H72N2O14.CH4/c1-10-13-32-19-26(2)18-27(3)20-38(58-8)42-39(59-9)22-29(5)46(56,62-42)43(53)44(54)48-17-12-11-14-34(48)45(55)61-41(28(4)21-31-15-16-35(49)37(23-31)57-7)30(6)36(50)24-33(32)47-60-25-40(51)52;/h10,19,21,27,29-32,34-39,41-42,49-50,56H,1,11-18,20,22-25H2,2-9H3,(H,51,52);1H4/b26-19+,28-21+,47-33-;/t27-,29+,30+,31-,32+,34-,35+,36-,37+,38-,39-,41+,42+,46+;/m0./s1. The monoisotopic (exact) mass is 893 g/mol. The number of carbonyl (C=O) groups excluding carboxylic acids is 3. The maximum atomic E-state index is 14.5. The van der Waals surface area contributed by atoms with Gasteiger partial charge in [-0.15, -0.1) is 6.58 Å². The number of carboxylic acid groups (broad SMARTS) is 1. The summed E-state index contributed by atoms with van der Waals surface area (Å²) in [4.78, 5) is 61.0. The zero-order chi connectivity index (χ0) is 45.9. The molecule has 2 bridgehead atoms. The number of ketones is 1. The number of carbonyl (C=O) groups is 4. The van der Waals surface area contributed by atoms with Crippen LogP contribution in [0.15, 0.2) is 41.1 Å². The van der Waals surface area contributed by atoms with Crippen LogP contribution in [-0.2, 0) is 47.7 Å². The van der Waals surface area contributed by atoms with Gasteiger partial charge in [0, 0.05) is 52.0 Å². The van der Waals surface area contributed by atoms with Crippen LogP contribution in [0.4, 0.5) is 0 Å². The molecule has 3 aliphatic heterocycles. The fourth-order valence-electron chi connectivity index (χ4n) is 9.72. The van der Waals surface area contributed by atoms with E-state index in [-0.39, 0.29) is 45.1 Å². The van der Waals surface area contributed by atoms with Gasteiger partial charge in [0.2, 0.25) is 12.4 Å². The largest absolute Gasteiger partial charge is 0.479 e. The fourth-order valence-corrected chi connectivity index (χ4v) is 9.72. The summed E-state index contributed by atoms with van der Waals surface area (Å²) in [6.07, 6.45) is 4.67. The van der Waals surface area contributed by atoms with Crippen LogP contribution >= 0.6 is 0 Å². The molecule has 0 aromatic carbocycles. The number of hydrogen-bond donors (Lipinski definition) is 4. The minimum Gasteiger partial charge on any atom is -0.479 e. The minimum absolute atomic E-state index is 0. The lowest BCUT2D eigenvalue weighted by Crippen LogP contribution is -2.64. The van der Waals surface area contributed by atoms with Crippen LogP contribution in [0, 0.1) is 29.6 Å². The number of amides is 1. The van der Waals surface area contributed by atoms with E-state index in [1.54, 1.807) is 34.0 Å². The van der Waals surface area contributed by atoms with E-state index in [0.717, 1.165) is 5.57 Å². The highest BCUT2D eigenvalue weighted by Crippen LogP contribution is 2.39. The lowest BCUT2D eigenvalue weighted by Gasteiger charge is -2.47. The van der Waals surface area contributed by atoms with E-state index in [4.69, 9.17) is 28.5 Å². The highest BCUT2D eigenvalue weighted by Gasteiger charge is 2.56. The summed E-state index contributed by atoms with van der Waals surface area (Å²) in [6.45, 7) is 12.4. The third-order valence-corrected chi connectivity index (χ3v) is 13.3. The molecular formula is C47H76N2O14. The van der Waals surface area contributed by atoms with E-state index in [1.165, 1.54) is 19.1 Å². The van der Waals surface area contributed by atoms with E-state index < -0.39 is 103 Å². The van der Waals surface area contributed by atoms with Crippen molar-refractivity contribution in [1.29, 1.82) is 0 Å². The summed E-state index contributed by atoms with van der Waals surface area (Å²) in [6, 6.07) is -1.18. The molecule has 3 fully saturated rings. The predicted molar refractivity (Wildman–Crippen MR) is 235 cm³/mol. The van der Waals surface area contributed by atoms with Crippen LogP contribution < -0.4 is 0 Å². The zero-order valence-electron chi connectivity index (χ0n) is 37.9. The van der Waals surface area contributed by atoms with Crippen LogP contribution in [-0.4, -0.2) is 144 Å². The predicted octanol–water partition coefficient (Wildman–Crippen LogP) is 5.16. The van der Waals surface area contributed by atoms with Crippen molar-refractivity contribution in [1.82, 2.24) is 4.90 Å². The lowest BCUT2D eigenvalue weighted by atomic mass is 9.81. The number of nitrogens with zero attached hydrogens (tertiary/aromatic N) is 2. The molecule has 63 heavy (non-hydrogen) atoms. The van der Waals surface area contributed by atoms with Crippen molar-refractivity contribution in [3.05, 3.63) is 36.0 Å². The number of rotatable bonds is 10. The molecule has 358 valence electrons. The summed E-state index contributed by atoms with van der Waals surface area (Å²) < 4.78 is 29.9. The number of aliphatic hydroxyl groups excluding tert-OH is 2. The van der Waals surface area contributed by atoms with Crippen LogP contribution in [0.3, 0.4) is 0 Å². The van der Waals surface area contributed by atoms with Gasteiger partial charge < -0.3 is 53.8 Å². The molecule has 1 amide bonds. The van der Waals surface area contributed by atoms with Crippen molar-refractivity contribution in [2.45, 2.75) is 167 Å². The minimum atomic E-state index is -2.54. The second-order valence-electron chi connectivity index (χ2n) is 18.1. The van der Waals surface area contributed by atoms with E-state index in [9.17, 15) is 39.6 Å². The molecule has 3 heterocycles. The maximum absolute atomic E-state index is 14.5. The van der Waals surface area contributed by atoms with E-state index in [0.29, 0.717) is 62.7 Å². The van der Waals surface area contributed by atoms with Crippen molar-refractivity contribution in [3.63, 3.8) is 0 Å². The van der Waals surface area contributed by atoms with Gasteiger partial charge in [0.05, 0.1) is 36.2 Å². The first kappa shape index (κ1) is 53.8. The van der Waals surface area contributed by atoms with Gasteiger partial charge >= 0.3 is 11.9 Å². The van der Waals surface area contributed by atoms with Gasteiger partial charge in [-0.3, -0.25) is 9.59 Å². The number of ether oxygens (including phenoxy) is 5. The van der Waals surface area contributed by atoms with Gasteiger partial charge in [-0.2, -0.15) is 0 Å². The molecule has 4 N–H and O–H groups in total. The number of allylic oxidation sites excluding steroid dienone is 4. The van der Waals surface area contributed by atoms with Crippen LogP contribution in [0.25, 0.3) is 0 Å². The van der Waals surface area contributed by atoms with Crippen molar-refractivity contribution < 1.29 is 68.1 Å². The Kier molecular flexibility index (Phi) is 21.1. The number of aliphatic hydroxyl groups is 3. The first-order valence-electron chi connectivity index (χ1n) is 22.2. The Morgan fingerprint density at radius 2 is 1.63 bits per heavy atom. The van der Waals surface area contributed by atoms with Crippen molar-refractivity contribution in [3.8, 4) is 0 Å². The molecule has 0 radical (unpaired) electrons. The second-order valence-corrected chi connectivity index (χ2v) is 18.1. The summed E-state index contributed by atoms with van der Waals surface area (Å²) in [7, 11) is 4.58. The SMILES string of the molecule is C.C=CC[C@@H]1/C=C(\C)C[C@H](C)C[C@H](OC)[C@H]2O[C@@](O)(C(=O)C(=O)N3CCCC[C@H]3C(=O)O[C@H](/C(C)=C/[C@@H]3CC[C@@H](O)[C@H](OC)C3)[C@H](C)[C@@H](O)C/C1=N/OCC(=O)O)[C@H](C)C[C@@H]2OC. The number of carboxylic acids is 1. The molecule has 4 rings (SSSR count). The number of methoxy groups -OCH3 is 3. The summed E-state index contributed by atoms with van der Waals surface area (Å²) >= 11 is 0. The van der Waals surface area contributed by atoms with Gasteiger partial charge in [0.25, 0.3) is 11.7 Å². The smallest absolute Gasteiger partial charge is 0.344 e. The average molecular weight is 893 g/mol. The molecule has 0 unspecified atom stereocenters. The van der Waals surface area contributed by atoms with Crippen LogP contribution in [0.1, 0.15) is 113 Å². The van der Waals surface area contributed by atoms with Crippen LogP contribution in [0.5, 0.6) is 0 Å². The molecule has 0 spiro atoms. The van der Waals surface area contributed by atoms with Gasteiger partial charge in [-0.05, 0) is 95.5 Å². The highest BCUT2D eigenvalue weighted by atomic mass is 16.7. The van der Waals surface area contributed by atoms with Crippen molar-refractivity contribution in [2.24, 2.45) is 34.7 Å². The Morgan fingerprint density at radius 3 is 2.27 bits per heavy atom. The van der Waals surface area contributed by atoms with E-state index in [1.807, 2.05) is 26.0 Å². The molecule has 0 aromatic heterocycles. The number of Topliss-reactive ketones (excluding diaryl/α,β-unsaturated/α-hetero) is 1. The Balaban J connectivity index is 0.0000106. The molecule has 14 atom stereocenters. The fraction of sp³-hybridized carbons (Fsp3) is 0.766. The number of aliphatic carboxylic acids is 1. The molecule has 16 heteroatoms. The Bertz CT molecular complexity index is 1650. The number of piperidine rings is 1. The van der Waals surface area contributed by atoms with E-state index in [2.05, 4.69) is 11.7 Å². The summed E-state index contributed by atoms with van der Waals surface area (Å²) in [5, 5.41) is 48.3. The molecule has 1 aliphatic carbocycles. The molecule has 2 saturated heterocycles. The maximum Gasteiger partial charge on any atom is 0.344 e. The summed E-state index contributed by atoms with van der Waals surface area (Å²) in [5.74, 6) is -8.96. The summed E-state index contributed by atoms with van der Waals surface area (Å²) in [5.41, 5.74) is 1.94. The van der Waals surface area contributed by atoms with E-state index >= 15 is 0 Å². The third-order valence-electron chi connectivity index (χ3n) is 13.3. The third kappa shape index (κ3) is 13.8. The number of hydrogen-bond acceptors (Lipinski definition) is 14. The van der Waals surface area contributed by atoms with Crippen molar-refractivity contribution >= 4 is 29.3 Å². The topological polar surface area (TPSA) is 220 Å². The molecule has 0 aromatic rings. The lowest BCUT2D eigenvalue weighted by molar-refractivity contribution is -0.302. The average Bonchev–Trinajstić information content (AvgIpc) is 3.24. The highest BCUT2D eigenvalue weighted by molar-refractivity contribution is 6.39. The van der Waals surface area contributed by atoms with Gasteiger partial charge in [-0.1, -0.05) is 57.2 Å². The van der Waals surface area contributed by atoms with Crippen molar-refractivity contribution in [2.75, 3.05) is 34.5 Å². The van der Waals surface area contributed by atoms with Crippen LogP contribution in [0.2, 0.25) is 0 Å². The second kappa shape index (κ2) is 24.7. The van der Waals surface area contributed by atoms with Gasteiger partial charge in [-0.25, -0.2) is 9.59 Å². The van der Waals surface area contributed by atoms with Gasteiger partial charge in [0.15, 0.2) is 0 Å². The Labute approximate surface area is 374 Å². The Morgan fingerprint density at radius 1 is 0.968 bits per heavy atom. The molecular weight excluding hydrogens is 817 g/mol. The number of esters is 1. The number of cyclic esters (lactones) is 1. The Hall–Kier alpha value is -3.51. The quantitative estimate of drug-likeness (QED) is 0.0964. The molecule has 16 nitrogen and oxygen atoms in total. The van der Waals surface area contributed by atoms with Gasteiger partial charge in [0.1, 0.15) is 18.2 Å². The molecule has 4 aliphatic rings. The first-order chi connectivity index (χ1) is 29.4. The number of oxime groups is 1. The first-order valence-corrected chi connectivity index (χ1v) is 22.2. The zero-order valence-corrected chi connectivity index (χ0v) is 37.9. The normalized spacial score (nSPS) is 38.5. The molecule has 1 saturated carbocycles.